The van der Waals surface area contributed by atoms with Crippen LogP contribution >= 0.6 is 0 Å². The highest BCUT2D eigenvalue weighted by atomic mass is 19.3. The Hall–Kier alpha value is -1.83. The van der Waals surface area contributed by atoms with Crippen LogP contribution in [0.1, 0.15) is 44.1 Å². The van der Waals surface area contributed by atoms with Crippen LogP contribution in [-0.4, -0.2) is 32.1 Å². The molecular weight excluding hydrogens is 282 g/mol. The van der Waals surface area contributed by atoms with Gasteiger partial charge in [0, 0.05) is 13.7 Å². The number of rotatable bonds is 3. The molecule has 114 valence electrons. The van der Waals surface area contributed by atoms with Crippen LogP contribution in [0.4, 0.5) is 8.78 Å². The Labute approximate surface area is 120 Å². The maximum Gasteiger partial charge on any atom is 0.280 e. The van der Waals surface area contributed by atoms with E-state index in [-0.39, 0.29) is 28.8 Å². The predicted octanol–water partition coefficient (Wildman–Crippen LogP) is 2.69. The van der Waals surface area contributed by atoms with Gasteiger partial charge in [-0.15, -0.1) is 0 Å². The number of aromatic nitrogens is 4. The van der Waals surface area contributed by atoms with E-state index in [0.29, 0.717) is 12.4 Å². The average Bonchev–Trinajstić information content (AvgIpc) is 3.06. The van der Waals surface area contributed by atoms with Gasteiger partial charge < -0.3 is 9.26 Å². The fraction of sp³-hybridized carbons (Fsp3) is 0.615. The zero-order valence-electron chi connectivity index (χ0n) is 12.0. The van der Waals surface area contributed by atoms with Crippen molar-refractivity contribution in [3.63, 3.8) is 0 Å². The Morgan fingerprint density at radius 1 is 1.43 bits per heavy atom. The Bertz CT molecular complexity index is 650. The maximum absolute atomic E-state index is 12.8. The molecule has 1 aliphatic heterocycles. The smallest absolute Gasteiger partial charge is 0.280 e. The van der Waals surface area contributed by atoms with E-state index in [4.69, 9.17) is 9.26 Å². The zero-order chi connectivity index (χ0) is 15.2. The third-order valence-electron chi connectivity index (χ3n) is 3.83. The van der Waals surface area contributed by atoms with E-state index in [1.54, 1.807) is 0 Å². The third-order valence-corrected chi connectivity index (χ3v) is 3.83. The van der Waals surface area contributed by atoms with Gasteiger partial charge in [-0.3, -0.25) is 4.68 Å². The summed E-state index contributed by atoms with van der Waals surface area (Å²) in [6.07, 6.45) is -1.79. The molecule has 3 rings (SSSR count). The van der Waals surface area contributed by atoms with Crippen LogP contribution < -0.4 is 0 Å². The summed E-state index contributed by atoms with van der Waals surface area (Å²) >= 11 is 0. The van der Waals surface area contributed by atoms with Crippen LogP contribution in [0.2, 0.25) is 0 Å². The molecule has 0 amide bonds. The molecule has 1 fully saturated rings. The molecule has 0 spiro atoms. The zero-order valence-corrected chi connectivity index (χ0v) is 12.0. The fourth-order valence-electron chi connectivity index (χ4n) is 2.60. The molecule has 21 heavy (non-hydrogen) atoms. The topological polar surface area (TPSA) is 66.0 Å². The molecule has 8 heteroatoms. The molecule has 0 bridgehead atoms. The van der Waals surface area contributed by atoms with Gasteiger partial charge in [0.2, 0.25) is 0 Å². The highest BCUT2D eigenvalue weighted by Gasteiger charge is 2.40. The number of hydrogen-bond acceptors (Lipinski definition) is 5. The Kier molecular flexibility index (Phi) is 3.27. The van der Waals surface area contributed by atoms with E-state index in [2.05, 4.69) is 15.2 Å². The Balaban J connectivity index is 1.90. The second-order valence-corrected chi connectivity index (χ2v) is 5.63. The Morgan fingerprint density at radius 3 is 2.76 bits per heavy atom. The molecule has 1 unspecified atom stereocenters. The molecule has 1 aliphatic rings. The first-order valence-electron chi connectivity index (χ1n) is 6.68. The minimum atomic E-state index is -2.60. The van der Waals surface area contributed by atoms with E-state index in [1.807, 2.05) is 13.8 Å². The lowest BCUT2D eigenvalue weighted by Gasteiger charge is -2.22. The second-order valence-electron chi connectivity index (χ2n) is 5.63. The average molecular weight is 298 g/mol. The number of hydrogen-bond donors (Lipinski definition) is 0. The normalized spacial score (nSPS) is 21.3. The van der Waals surface area contributed by atoms with E-state index in [9.17, 15) is 8.78 Å². The third kappa shape index (κ3) is 2.44. The molecule has 0 saturated carbocycles. The quantitative estimate of drug-likeness (QED) is 0.871. The van der Waals surface area contributed by atoms with Gasteiger partial charge in [-0.05, 0) is 26.3 Å². The molecule has 0 aromatic carbocycles. The van der Waals surface area contributed by atoms with E-state index < -0.39 is 6.43 Å². The van der Waals surface area contributed by atoms with Gasteiger partial charge in [0.05, 0.1) is 11.5 Å². The molecule has 0 N–H and O–H groups in total. The lowest BCUT2D eigenvalue weighted by Crippen LogP contribution is -2.26. The summed E-state index contributed by atoms with van der Waals surface area (Å²) in [6.45, 7) is 4.58. The lowest BCUT2D eigenvalue weighted by molar-refractivity contribution is 0.0254. The van der Waals surface area contributed by atoms with Crippen molar-refractivity contribution in [2.45, 2.75) is 38.2 Å². The monoisotopic (exact) mass is 298 g/mol. The standard InChI is InChI=1S/C13H16F2N4O2/c1-13(2)7(4-5-20-13)11-16-12(21-18-11)8-6-9(10(14)15)19(3)17-8/h6-7,10H,4-5H2,1-3H3. The summed E-state index contributed by atoms with van der Waals surface area (Å²) in [5.74, 6) is 0.695. The SMILES string of the molecule is Cn1nc(-c2nc(C3CCOC3(C)C)no2)cc1C(F)F. The van der Waals surface area contributed by atoms with Gasteiger partial charge in [-0.1, -0.05) is 5.16 Å². The van der Waals surface area contributed by atoms with E-state index >= 15 is 0 Å². The number of nitrogens with zero attached hydrogens (tertiary/aromatic N) is 4. The van der Waals surface area contributed by atoms with Crippen molar-refractivity contribution in [2.24, 2.45) is 7.05 Å². The number of halogens is 2. The molecule has 6 nitrogen and oxygen atoms in total. The van der Waals surface area contributed by atoms with Crippen LogP contribution in [-0.2, 0) is 11.8 Å². The van der Waals surface area contributed by atoms with Crippen molar-refractivity contribution in [3.05, 3.63) is 17.6 Å². The van der Waals surface area contributed by atoms with Crippen molar-refractivity contribution < 1.29 is 18.0 Å². The second kappa shape index (κ2) is 4.87. The van der Waals surface area contributed by atoms with Gasteiger partial charge in [-0.2, -0.15) is 10.1 Å². The van der Waals surface area contributed by atoms with Crippen LogP contribution in [0.3, 0.4) is 0 Å². The molecule has 1 atom stereocenters. The summed E-state index contributed by atoms with van der Waals surface area (Å²) in [7, 11) is 1.45. The minimum absolute atomic E-state index is 0.0216. The van der Waals surface area contributed by atoms with Gasteiger partial charge in [-0.25, -0.2) is 8.78 Å². The fourth-order valence-corrected chi connectivity index (χ4v) is 2.60. The van der Waals surface area contributed by atoms with Crippen molar-refractivity contribution >= 4 is 0 Å². The molecule has 1 saturated heterocycles. The summed E-state index contributed by atoms with van der Waals surface area (Å²) in [5, 5.41) is 7.94. The minimum Gasteiger partial charge on any atom is -0.375 e. The Morgan fingerprint density at radius 2 is 2.19 bits per heavy atom. The predicted molar refractivity (Wildman–Crippen MR) is 68.8 cm³/mol. The first-order valence-corrected chi connectivity index (χ1v) is 6.68. The highest BCUT2D eigenvalue weighted by Crippen LogP contribution is 2.38. The number of aryl methyl sites for hydroxylation is 1. The summed E-state index contributed by atoms with van der Waals surface area (Å²) < 4.78 is 37.5. The first kappa shape index (κ1) is 14.1. The molecule has 2 aromatic heterocycles. The molecular formula is C13H16F2N4O2. The van der Waals surface area contributed by atoms with Gasteiger partial charge >= 0.3 is 0 Å². The van der Waals surface area contributed by atoms with E-state index in [1.165, 1.54) is 13.1 Å². The lowest BCUT2D eigenvalue weighted by atomic mass is 9.90. The number of ether oxygens (including phenoxy) is 1. The molecule has 2 aromatic rings. The highest BCUT2D eigenvalue weighted by molar-refractivity contribution is 5.47. The summed E-state index contributed by atoms with van der Waals surface area (Å²) in [6, 6.07) is 1.26. The van der Waals surface area contributed by atoms with Crippen molar-refractivity contribution in [3.8, 4) is 11.6 Å². The van der Waals surface area contributed by atoms with Gasteiger partial charge in [0.25, 0.3) is 12.3 Å². The summed E-state index contributed by atoms with van der Waals surface area (Å²) in [5.41, 5.74) is -0.295. The van der Waals surface area contributed by atoms with Crippen LogP contribution in [0.15, 0.2) is 10.6 Å². The van der Waals surface area contributed by atoms with Crippen molar-refractivity contribution in [1.82, 2.24) is 19.9 Å². The number of alkyl halides is 2. The van der Waals surface area contributed by atoms with Crippen molar-refractivity contribution in [1.29, 1.82) is 0 Å². The van der Waals surface area contributed by atoms with Crippen LogP contribution in [0.25, 0.3) is 11.6 Å². The van der Waals surface area contributed by atoms with E-state index in [0.717, 1.165) is 11.1 Å². The molecule has 0 radical (unpaired) electrons. The molecule has 3 heterocycles. The summed E-state index contributed by atoms with van der Waals surface area (Å²) in [4.78, 5) is 4.29. The van der Waals surface area contributed by atoms with Gasteiger partial charge in [0.15, 0.2) is 11.5 Å². The largest absolute Gasteiger partial charge is 0.375 e. The first-order chi connectivity index (χ1) is 9.88. The van der Waals surface area contributed by atoms with Gasteiger partial charge in [0.1, 0.15) is 5.69 Å². The van der Waals surface area contributed by atoms with Crippen LogP contribution in [0.5, 0.6) is 0 Å². The molecule has 0 aliphatic carbocycles. The maximum atomic E-state index is 12.8. The van der Waals surface area contributed by atoms with Crippen molar-refractivity contribution in [2.75, 3.05) is 6.61 Å². The van der Waals surface area contributed by atoms with Crippen LogP contribution in [0, 0.1) is 0 Å².